The Morgan fingerprint density at radius 1 is 1.33 bits per heavy atom. The summed E-state index contributed by atoms with van der Waals surface area (Å²) in [5.41, 5.74) is 1.27. The Morgan fingerprint density at radius 3 is 2.95 bits per heavy atom. The highest BCUT2D eigenvalue weighted by Crippen LogP contribution is 2.24. The molecule has 1 saturated heterocycles. The molecular formula is C15H24Cl2N2O2. The van der Waals surface area contributed by atoms with E-state index in [4.69, 9.17) is 21.1 Å². The minimum Gasteiger partial charge on any atom is -0.382 e. The molecular weight excluding hydrogens is 311 g/mol. The van der Waals surface area contributed by atoms with Crippen molar-refractivity contribution in [2.24, 2.45) is 0 Å². The smallest absolute Gasteiger partial charge is 0.0700 e. The van der Waals surface area contributed by atoms with Gasteiger partial charge in [0.25, 0.3) is 0 Å². The number of rotatable bonds is 7. The van der Waals surface area contributed by atoms with Gasteiger partial charge in [0, 0.05) is 44.4 Å². The van der Waals surface area contributed by atoms with E-state index in [1.54, 1.807) is 7.11 Å². The van der Waals surface area contributed by atoms with Gasteiger partial charge in [-0.25, -0.2) is 0 Å². The molecule has 2 rings (SSSR count). The summed E-state index contributed by atoms with van der Waals surface area (Å²) in [5, 5.41) is 4.24. The largest absolute Gasteiger partial charge is 0.382 e. The van der Waals surface area contributed by atoms with E-state index in [1.807, 2.05) is 12.1 Å². The molecule has 0 aliphatic carbocycles. The fourth-order valence-corrected chi connectivity index (χ4v) is 2.68. The Balaban J connectivity index is 0.00000220. The van der Waals surface area contributed by atoms with Crippen LogP contribution in [0.2, 0.25) is 5.02 Å². The van der Waals surface area contributed by atoms with Gasteiger partial charge in [0.05, 0.1) is 19.8 Å². The second-order valence-electron chi connectivity index (χ2n) is 4.92. The molecule has 1 aliphatic heterocycles. The first-order valence-corrected chi connectivity index (χ1v) is 7.46. The number of hydrogen-bond acceptors (Lipinski definition) is 4. The lowest BCUT2D eigenvalue weighted by Gasteiger charge is -2.36. The van der Waals surface area contributed by atoms with Crippen LogP contribution in [0.4, 0.5) is 0 Å². The van der Waals surface area contributed by atoms with Crippen LogP contribution in [0.25, 0.3) is 0 Å². The van der Waals surface area contributed by atoms with Gasteiger partial charge in [0.2, 0.25) is 0 Å². The number of methoxy groups -OCH3 is 1. The molecule has 0 aromatic heterocycles. The van der Waals surface area contributed by atoms with Crippen molar-refractivity contribution < 1.29 is 9.47 Å². The summed E-state index contributed by atoms with van der Waals surface area (Å²) in [6, 6.07) is 8.49. The number of halogens is 2. The predicted molar refractivity (Wildman–Crippen MR) is 88.6 cm³/mol. The maximum absolute atomic E-state index is 6.10. The summed E-state index contributed by atoms with van der Waals surface area (Å²) in [4.78, 5) is 2.45. The summed E-state index contributed by atoms with van der Waals surface area (Å²) in [5.74, 6) is 0. The van der Waals surface area contributed by atoms with Gasteiger partial charge in [-0.2, -0.15) is 0 Å². The van der Waals surface area contributed by atoms with Crippen molar-refractivity contribution in [3.8, 4) is 0 Å². The van der Waals surface area contributed by atoms with E-state index in [1.165, 1.54) is 5.56 Å². The highest BCUT2D eigenvalue weighted by molar-refractivity contribution is 6.30. The molecule has 1 atom stereocenters. The normalized spacial score (nSPS) is 19.2. The minimum atomic E-state index is 0. The average molecular weight is 335 g/mol. The van der Waals surface area contributed by atoms with Crippen molar-refractivity contribution >= 4 is 24.0 Å². The highest BCUT2D eigenvalue weighted by Gasteiger charge is 2.23. The maximum atomic E-state index is 6.10. The van der Waals surface area contributed by atoms with Crippen molar-refractivity contribution in [2.45, 2.75) is 6.04 Å². The molecule has 21 heavy (non-hydrogen) atoms. The zero-order valence-electron chi connectivity index (χ0n) is 12.4. The fourth-order valence-electron chi connectivity index (χ4n) is 2.48. The highest BCUT2D eigenvalue weighted by atomic mass is 35.5. The van der Waals surface area contributed by atoms with Crippen LogP contribution < -0.4 is 5.32 Å². The van der Waals surface area contributed by atoms with Gasteiger partial charge < -0.3 is 14.8 Å². The van der Waals surface area contributed by atoms with Crippen molar-refractivity contribution in [1.82, 2.24) is 10.2 Å². The molecule has 1 fully saturated rings. The van der Waals surface area contributed by atoms with Gasteiger partial charge in [-0.05, 0) is 17.7 Å². The van der Waals surface area contributed by atoms with Crippen LogP contribution in [0.1, 0.15) is 11.6 Å². The zero-order chi connectivity index (χ0) is 14.2. The van der Waals surface area contributed by atoms with Gasteiger partial charge in [0.1, 0.15) is 0 Å². The minimum absolute atomic E-state index is 0. The van der Waals surface area contributed by atoms with E-state index in [-0.39, 0.29) is 12.4 Å². The lowest BCUT2D eigenvalue weighted by Crippen LogP contribution is -2.47. The number of hydrogen-bond donors (Lipinski definition) is 1. The molecule has 1 N–H and O–H groups in total. The fraction of sp³-hybridized carbons (Fsp3) is 0.600. The summed E-state index contributed by atoms with van der Waals surface area (Å²) in [7, 11) is 1.69. The third-order valence-electron chi connectivity index (χ3n) is 3.54. The second kappa shape index (κ2) is 10.4. The van der Waals surface area contributed by atoms with E-state index in [0.717, 1.165) is 37.8 Å². The van der Waals surface area contributed by atoms with Crippen LogP contribution in [0, 0.1) is 0 Å². The van der Waals surface area contributed by atoms with Gasteiger partial charge in [0.15, 0.2) is 0 Å². The number of nitrogens with one attached hydrogen (secondary N) is 1. The summed E-state index contributed by atoms with van der Waals surface area (Å²) < 4.78 is 10.5. The van der Waals surface area contributed by atoms with Crippen LogP contribution in [0.3, 0.4) is 0 Å². The van der Waals surface area contributed by atoms with Crippen LogP contribution in [0.5, 0.6) is 0 Å². The van der Waals surface area contributed by atoms with Crippen molar-refractivity contribution in [1.29, 1.82) is 0 Å². The quantitative estimate of drug-likeness (QED) is 0.776. The number of ether oxygens (including phenoxy) is 2. The van der Waals surface area contributed by atoms with E-state index >= 15 is 0 Å². The first-order valence-electron chi connectivity index (χ1n) is 7.08. The molecule has 120 valence electrons. The molecule has 1 aliphatic rings. The van der Waals surface area contributed by atoms with Gasteiger partial charge in [-0.3, -0.25) is 4.90 Å². The van der Waals surface area contributed by atoms with Crippen molar-refractivity contribution in [3.63, 3.8) is 0 Å². The van der Waals surface area contributed by atoms with E-state index in [9.17, 15) is 0 Å². The molecule has 1 aromatic carbocycles. The van der Waals surface area contributed by atoms with Crippen LogP contribution in [-0.2, 0) is 9.47 Å². The lowest BCUT2D eigenvalue weighted by atomic mass is 10.0. The second-order valence-corrected chi connectivity index (χ2v) is 5.35. The van der Waals surface area contributed by atoms with Crippen LogP contribution >= 0.6 is 24.0 Å². The lowest BCUT2D eigenvalue weighted by molar-refractivity contribution is 0.0448. The van der Waals surface area contributed by atoms with E-state index in [0.29, 0.717) is 19.3 Å². The Hall–Kier alpha value is -0.360. The molecule has 6 heteroatoms. The first-order chi connectivity index (χ1) is 9.81. The standard InChI is InChI=1S/C15H23ClN2O2.ClH/c1-19-9-10-20-8-7-18-6-5-17-12-15(18)13-3-2-4-14(16)11-13;/h2-4,11,15,17H,5-10,12H2,1H3;1H. The summed E-state index contributed by atoms with van der Waals surface area (Å²) in [6.45, 7) is 5.99. The topological polar surface area (TPSA) is 33.7 Å². The third-order valence-corrected chi connectivity index (χ3v) is 3.78. The third kappa shape index (κ3) is 6.10. The van der Waals surface area contributed by atoms with Gasteiger partial charge in [-0.15, -0.1) is 12.4 Å². The molecule has 1 unspecified atom stereocenters. The maximum Gasteiger partial charge on any atom is 0.0700 e. The molecule has 0 bridgehead atoms. The molecule has 4 nitrogen and oxygen atoms in total. The van der Waals surface area contributed by atoms with Crippen LogP contribution in [0.15, 0.2) is 24.3 Å². The number of piperazine rings is 1. The molecule has 0 radical (unpaired) electrons. The summed E-state index contributed by atoms with van der Waals surface area (Å²) >= 11 is 6.10. The van der Waals surface area contributed by atoms with E-state index < -0.39 is 0 Å². The Bertz CT molecular complexity index is 407. The Labute approximate surface area is 138 Å². The van der Waals surface area contributed by atoms with Crippen molar-refractivity contribution in [3.05, 3.63) is 34.9 Å². The zero-order valence-corrected chi connectivity index (χ0v) is 14.0. The molecule has 0 saturated carbocycles. The summed E-state index contributed by atoms with van der Waals surface area (Å²) in [6.07, 6.45) is 0. The molecule has 1 heterocycles. The number of benzene rings is 1. The molecule has 0 spiro atoms. The first kappa shape index (κ1) is 18.7. The van der Waals surface area contributed by atoms with E-state index in [2.05, 4.69) is 22.3 Å². The average Bonchev–Trinajstić information content (AvgIpc) is 2.47. The molecule has 1 aromatic rings. The SMILES string of the molecule is COCCOCCN1CCNCC1c1cccc(Cl)c1.Cl. The van der Waals surface area contributed by atoms with Gasteiger partial charge >= 0.3 is 0 Å². The monoisotopic (exact) mass is 334 g/mol. The Morgan fingerprint density at radius 2 is 2.19 bits per heavy atom. The number of nitrogens with zero attached hydrogens (tertiary/aromatic N) is 1. The van der Waals surface area contributed by atoms with Crippen LogP contribution in [-0.4, -0.2) is 58.0 Å². The molecule has 0 amide bonds. The van der Waals surface area contributed by atoms with Crippen molar-refractivity contribution in [2.75, 3.05) is 53.1 Å². The predicted octanol–water partition coefficient (Wildman–Crippen LogP) is 2.37. The Kier molecular flexibility index (Phi) is 9.24. The van der Waals surface area contributed by atoms with Gasteiger partial charge in [-0.1, -0.05) is 23.7 Å².